The Morgan fingerprint density at radius 3 is 2.14 bits per heavy atom. The van der Waals surface area contributed by atoms with E-state index in [0.29, 0.717) is 26.3 Å². The first-order chi connectivity index (χ1) is 10.2. The molecule has 1 saturated heterocycles. The van der Waals surface area contributed by atoms with Crippen LogP contribution >= 0.6 is 6.49 Å². The summed E-state index contributed by atoms with van der Waals surface area (Å²) in [6.45, 7) is 9.53. The highest BCUT2D eigenvalue weighted by Gasteiger charge is 2.26. The van der Waals surface area contributed by atoms with Crippen LogP contribution in [0.5, 0.6) is 0 Å². The van der Waals surface area contributed by atoms with Crippen LogP contribution in [0.2, 0.25) is 0 Å². The van der Waals surface area contributed by atoms with Gasteiger partial charge in [-0.15, -0.1) is 0 Å². The van der Waals surface area contributed by atoms with Crippen molar-refractivity contribution in [3.05, 3.63) is 11.4 Å². The van der Waals surface area contributed by atoms with E-state index >= 15 is 0 Å². The van der Waals surface area contributed by atoms with Gasteiger partial charge in [0.05, 0.1) is 13.2 Å². The Hall–Kier alpha value is -0.420. The zero-order chi connectivity index (χ0) is 16.8. The predicted molar refractivity (Wildman–Crippen MR) is 92.7 cm³/mol. The summed E-state index contributed by atoms with van der Waals surface area (Å²) in [5.74, 6) is 1.99. The minimum absolute atomic E-state index is 0.249. The summed E-state index contributed by atoms with van der Waals surface area (Å²) in [6.07, 6.45) is 1.33. The van der Waals surface area contributed by atoms with E-state index in [0.717, 1.165) is 12.8 Å². The van der Waals surface area contributed by atoms with Gasteiger partial charge >= 0.3 is 6.09 Å². The third-order valence-corrected chi connectivity index (χ3v) is 5.88. The number of amides is 1. The monoisotopic (exact) mass is 349 g/mol. The van der Waals surface area contributed by atoms with Crippen LogP contribution in [0.4, 0.5) is 4.79 Å². The molecule has 1 fully saturated rings. The Morgan fingerprint density at radius 2 is 1.73 bits per heavy atom. The van der Waals surface area contributed by atoms with Crippen LogP contribution < -0.4 is 0 Å². The van der Waals surface area contributed by atoms with E-state index in [-0.39, 0.29) is 6.09 Å². The van der Waals surface area contributed by atoms with E-state index in [2.05, 4.69) is 0 Å². The fourth-order valence-corrected chi connectivity index (χ4v) is 4.86. The number of piperidine rings is 1. The lowest BCUT2D eigenvalue weighted by Crippen LogP contribution is -2.40. The fraction of sp³-hybridized carbons (Fsp3) is 0.800. The van der Waals surface area contributed by atoms with E-state index < -0.39 is 12.1 Å². The van der Waals surface area contributed by atoms with Gasteiger partial charge in [0.25, 0.3) is 0 Å². The molecular weight excluding hydrogens is 321 g/mol. The second kappa shape index (κ2) is 8.44. The second-order valence-corrected chi connectivity index (χ2v) is 9.51. The number of hydrogen-bond donors (Lipinski definition) is 0. The molecule has 0 saturated carbocycles. The minimum Gasteiger partial charge on any atom is -0.444 e. The number of ether oxygens (including phenoxy) is 1. The van der Waals surface area contributed by atoms with Crippen LogP contribution in [0.25, 0.3) is 0 Å². The van der Waals surface area contributed by atoms with Crippen LogP contribution in [0.3, 0.4) is 0 Å². The smallest absolute Gasteiger partial charge is 0.410 e. The highest BCUT2D eigenvalue weighted by molar-refractivity contribution is 8.11. The van der Waals surface area contributed by atoms with Crippen LogP contribution in [-0.4, -0.2) is 42.9 Å². The van der Waals surface area contributed by atoms with Crippen molar-refractivity contribution in [3.8, 4) is 0 Å². The first-order valence-corrected chi connectivity index (χ1v) is 10.5. The standard InChI is InChI=1S/C15H28NO4PS/c1-6-18-21(22,19-7-2)12-13-8-10-16(11-9-13)14(17)20-15(3,4)5/h12H,6-11H2,1-5H3. The highest BCUT2D eigenvalue weighted by atomic mass is 32.5. The average molecular weight is 349 g/mol. The van der Waals surface area contributed by atoms with Crippen LogP contribution in [0.1, 0.15) is 47.5 Å². The van der Waals surface area contributed by atoms with Crippen molar-refractivity contribution in [1.29, 1.82) is 0 Å². The maximum absolute atomic E-state index is 12.0. The Labute approximate surface area is 139 Å². The molecular formula is C15H28NO4PS. The van der Waals surface area contributed by atoms with Crippen molar-refractivity contribution >= 4 is 24.4 Å². The molecule has 0 atom stereocenters. The largest absolute Gasteiger partial charge is 0.444 e. The number of carbonyl (C=O) groups is 1. The van der Waals surface area contributed by atoms with Crippen molar-refractivity contribution < 1.29 is 18.6 Å². The Balaban J connectivity index is 2.62. The zero-order valence-corrected chi connectivity index (χ0v) is 16.0. The van der Waals surface area contributed by atoms with E-state index in [1.807, 2.05) is 40.4 Å². The van der Waals surface area contributed by atoms with Crippen molar-refractivity contribution in [2.24, 2.45) is 0 Å². The number of hydrogen-bond acceptors (Lipinski definition) is 5. The van der Waals surface area contributed by atoms with Crippen LogP contribution in [0, 0.1) is 0 Å². The number of rotatable bonds is 5. The SMILES string of the molecule is CCOP(=S)(C=C1CCN(C(=O)OC(C)(C)C)CC1)OCC. The van der Waals surface area contributed by atoms with Crippen LogP contribution in [-0.2, 0) is 25.6 Å². The maximum atomic E-state index is 12.0. The fourth-order valence-electron chi connectivity index (χ4n) is 2.13. The molecule has 0 spiro atoms. The van der Waals surface area contributed by atoms with E-state index in [4.69, 9.17) is 25.6 Å². The quantitative estimate of drug-likeness (QED) is 0.693. The van der Waals surface area contributed by atoms with Gasteiger partial charge in [-0.25, -0.2) is 4.79 Å². The summed E-state index contributed by atoms with van der Waals surface area (Å²) < 4.78 is 16.7. The lowest BCUT2D eigenvalue weighted by atomic mass is 10.1. The normalized spacial score (nSPS) is 16.6. The molecule has 0 aromatic heterocycles. The van der Waals surface area contributed by atoms with Gasteiger partial charge in [-0.1, -0.05) is 5.57 Å². The van der Waals surface area contributed by atoms with Gasteiger partial charge in [0.2, 0.25) is 6.49 Å². The molecule has 0 radical (unpaired) electrons. The molecule has 1 amide bonds. The van der Waals surface area contributed by atoms with Crippen molar-refractivity contribution in [3.63, 3.8) is 0 Å². The Bertz CT molecular complexity index is 439. The molecule has 7 heteroatoms. The molecule has 0 unspecified atom stereocenters. The average Bonchev–Trinajstić information content (AvgIpc) is 2.37. The van der Waals surface area contributed by atoms with Gasteiger partial charge in [0.1, 0.15) is 5.60 Å². The summed E-state index contributed by atoms with van der Waals surface area (Å²) >= 11 is 5.52. The van der Waals surface area contributed by atoms with Gasteiger partial charge in [0, 0.05) is 13.1 Å². The van der Waals surface area contributed by atoms with E-state index in [9.17, 15) is 4.79 Å². The molecule has 1 heterocycles. The molecule has 5 nitrogen and oxygen atoms in total. The second-order valence-electron chi connectivity index (χ2n) is 6.13. The molecule has 0 aliphatic carbocycles. The van der Waals surface area contributed by atoms with E-state index in [1.54, 1.807) is 4.90 Å². The van der Waals surface area contributed by atoms with Crippen molar-refractivity contribution in [1.82, 2.24) is 4.90 Å². The lowest BCUT2D eigenvalue weighted by Gasteiger charge is -2.31. The van der Waals surface area contributed by atoms with Gasteiger partial charge in [-0.05, 0) is 65.1 Å². The summed E-state index contributed by atoms with van der Waals surface area (Å²) in [4.78, 5) is 13.8. The lowest BCUT2D eigenvalue weighted by molar-refractivity contribution is 0.0236. The summed E-state index contributed by atoms with van der Waals surface area (Å²) in [6, 6.07) is 0. The zero-order valence-electron chi connectivity index (χ0n) is 14.3. The Kier molecular flexibility index (Phi) is 7.53. The van der Waals surface area contributed by atoms with Crippen LogP contribution in [0.15, 0.2) is 11.4 Å². The number of likely N-dealkylation sites (tertiary alicyclic amines) is 1. The van der Waals surface area contributed by atoms with Gasteiger partial charge in [-0.3, -0.25) is 0 Å². The van der Waals surface area contributed by atoms with Gasteiger partial charge in [0.15, 0.2) is 0 Å². The molecule has 1 aliphatic heterocycles. The molecule has 0 bridgehead atoms. The van der Waals surface area contributed by atoms with Crippen molar-refractivity contribution in [2.45, 2.75) is 53.1 Å². The first kappa shape index (κ1) is 19.6. The molecule has 1 rings (SSSR count). The molecule has 0 aromatic rings. The third-order valence-electron chi connectivity index (χ3n) is 3.02. The van der Waals surface area contributed by atoms with Gasteiger partial charge < -0.3 is 18.7 Å². The molecule has 22 heavy (non-hydrogen) atoms. The molecule has 0 N–H and O–H groups in total. The minimum atomic E-state index is -2.33. The summed E-state index contributed by atoms with van der Waals surface area (Å²) in [5, 5.41) is 0. The molecule has 128 valence electrons. The summed E-state index contributed by atoms with van der Waals surface area (Å²) in [5.41, 5.74) is 0.753. The predicted octanol–water partition coefficient (Wildman–Crippen LogP) is 4.28. The van der Waals surface area contributed by atoms with E-state index in [1.165, 1.54) is 5.57 Å². The first-order valence-electron chi connectivity index (χ1n) is 7.76. The molecule has 1 aliphatic rings. The maximum Gasteiger partial charge on any atom is 0.410 e. The Morgan fingerprint density at radius 1 is 1.23 bits per heavy atom. The number of carbonyl (C=O) groups excluding carboxylic acids is 1. The third kappa shape index (κ3) is 6.78. The van der Waals surface area contributed by atoms with Crippen molar-refractivity contribution in [2.75, 3.05) is 26.3 Å². The summed E-state index contributed by atoms with van der Waals surface area (Å²) in [7, 11) is 0. The molecule has 0 aromatic carbocycles. The van der Waals surface area contributed by atoms with Gasteiger partial charge in [-0.2, -0.15) is 0 Å². The topological polar surface area (TPSA) is 48.0 Å². The highest BCUT2D eigenvalue weighted by Crippen LogP contribution is 2.51. The number of nitrogens with zero attached hydrogens (tertiary/aromatic N) is 1.